The minimum absolute atomic E-state index is 0.182. The molecule has 0 aliphatic heterocycles. The molecule has 0 saturated heterocycles. The van der Waals surface area contributed by atoms with Crippen LogP contribution in [0.25, 0.3) is 5.57 Å². The zero-order chi connectivity index (χ0) is 14.4. The Balaban J connectivity index is 2.30. The van der Waals surface area contributed by atoms with Crippen molar-refractivity contribution in [2.45, 2.75) is 0 Å². The van der Waals surface area contributed by atoms with Gasteiger partial charge < -0.3 is 4.74 Å². The molecular weight excluding hydrogens is 250 g/mol. The second kappa shape index (κ2) is 6.35. The van der Waals surface area contributed by atoms with Gasteiger partial charge in [0.1, 0.15) is 5.75 Å². The molecule has 0 aliphatic rings. The van der Waals surface area contributed by atoms with E-state index in [1.165, 1.54) is 6.08 Å². The molecule has 0 bridgehead atoms. The van der Waals surface area contributed by atoms with Crippen molar-refractivity contribution in [3.63, 3.8) is 0 Å². The van der Waals surface area contributed by atoms with Crippen LogP contribution in [0.2, 0.25) is 0 Å². The number of nitrogens with zero attached hydrogens (tertiary/aromatic N) is 1. The summed E-state index contributed by atoms with van der Waals surface area (Å²) >= 11 is 0. The number of carbonyl (C=O) groups is 1. The van der Waals surface area contributed by atoms with Crippen molar-refractivity contribution < 1.29 is 9.53 Å². The van der Waals surface area contributed by atoms with Crippen LogP contribution in [0.3, 0.4) is 0 Å². The molecule has 0 spiro atoms. The highest BCUT2D eigenvalue weighted by molar-refractivity contribution is 6.10. The molecule has 20 heavy (non-hydrogen) atoms. The number of ether oxygens (including phenoxy) is 1. The van der Waals surface area contributed by atoms with E-state index in [1.807, 2.05) is 6.07 Å². The van der Waals surface area contributed by atoms with Gasteiger partial charge in [-0.25, -0.2) is 0 Å². The van der Waals surface area contributed by atoms with E-state index in [0.29, 0.717) is 22.4 Å². The van der Waals surface area contributed by atoms with Crippen molar-refractivity contribution in [3.05, 3.63) is 71.8 Å². The number of methoxy groups -OCH3 is 1. The molecule has 0 amide bonds. The van der Waals surface area contributed by atoms with Crippen molar-refractivity contribution in [2.24, 2.45) is 0 Å². The summed E-state index contributed by atoms with van der Waals surface area (Å²) in [6, 6.07) is 18.0. The lowest BCUT2D eigenvalue weighted by Crippen LogP contribution is -1.95. The molecule has 2 aromatic rings. The summed E-state index contributed by atoms with van der Waals surface area (Å²) in [6.45, 7) is 0. The second-order valence-corrected chi connectivity index (χ2v) is 4.13. The topological polar surface area (TPSA) is 50.1 Å². The van der Waals surface area contributed by atoms with Gasteiger partial charge in [-0.1, -0.05) is 30.3 Å². The third-order valence-corrected chi connectivity index (χ3v) is 2.86. The highest BCUT2D eigenvalue weighted by atomic mass is 16.5. The lowest BCUT2D eigenvalue weighted by atomic mass is 10.0. The van der Waals surface area contributed by atoms with Gasteiger partial charge in [-0.3, -0.25) is 4.79 Å². The molecule has 98 valence electrons. The van der Waals surface area contributed by atoms with Gasteiger partial charge >= 0.3 is 0 Å². The number of carbonyl (C=O) groups excluding carboxylic acids is 1. The molecule has 0 saturated carbocycles. The molecule has 2 aromatic carbocycles. The molecule has 0 N–H and O–H groups in total. The van der Waals surface area contributed by atoms with Crippen molar-refractivity contribution in [3.8, 4) is 11.8 Å². The largest absolute Gasteiger partial charge is 0.497 e. The Morgan fingerprint density at radius 2 is 1.70 bits per heavy atom. The SMILES string of the molecule is COc1ccc(/C(C#N)=C\C(=O)c2ccccc2)cc1. The predicted octanol–water partition coefficient (Wildman–Crippen LogP) is 3.49. The average Bonchev–Trinajstić information content (AvgIpc) is 2.53. The van der Waals surface area contributed by atoms with Crippen molar-refractivity contribution in [1.29, 1.82) is 5.26 Å². The molecule has 2 rings (SSSR count). The minimum atomic E-state index is -0.182. The van der Waals surface area contributed by atoms with Crippen LogP contribution in [0.5, 0.6) is 5.75 Å². The number of benzene rings is 2. The highest BCUT2D eigenvalue weighted by Crippen LogP contribution is 2.19. The number of allylic oxidation sites excluding steroid dienone is 2. The van der Waals surface area contributed by atoms with Crippen LogP contribution in [0.15, 0.2) is 60.7 Å². The third kappa shape index (κ3) is 3.12. The molecule has 0 unspecified atom stereocenters. The van der Waals surface area contributed by atoms with E-state index in [-0.39, 0.29) is 5.78 Å². The summed E-state index contributed by atoms with van der Waals surface area (Å²) in [5, 5.41) is 9.20. The number of nitriles is 1. The summed E-state index contributed by atoms with van der Waals surface area (Å²) in [7, 11) is 1.58. The van der Waals surface area contributed by atoms with Gasteiger partial charge in [0, 0.05) is 11.6 Å². The quantitative estimate of drug-likeness (QED) is 0.482. The first-order valence-electron chi connectivity index (χ1n) is 6.10. The van der Waals surface area contributed by atoms with E-state index < -0.39 is 0 Å². The summed E-state index contributed by atoms with van der Waals surface area (Å²) in [5.41, 5.74) is 1.59. The molecular formula is C17H13NO2. The molecule has 0 aliphatic carbocycles. The summed E-state index contributed by atoms with van der Waals surface area (Å²) in [4.78, 5) is 12.1. The van der Waals surface area contributed by atoms with Crippen molar-refractivity contribution in [1.82, 2.24) is 0 Å². The number of hydrogen-bond acceptors (Lipinski definition) is 3. The zero-order valence-corrected chi connectivity index (χ0v) is 11.0. The maximum atomic E-state index is 12.1. The lowest BCUT2D eigenvalue weighted by Gasteiger charge is -2.02. The average molecular weight is 263 g/mol. The van der Waals surface area contributed by atoms with Crippen LogP contribution >= 0.6 is 0 Å². The van der Waals surface area contributed by atoms with Crippen LogP contribution in [-0.2, 0) is 0 Å². The van der Waals surface area contributed by atoms with E-state index in [4.69, 9.17) is 4.74 Å². The maximum absolute atomic E-state index is 12.1. The third-order valence-electron chi connectivity index (χ3n) is 2.86. The van der Waals surface area contributed by atoms with Crippen molar-refractivity contribution in [2.75, 3.05) is 7.11 Å². The summed E-state index contributed by atoms with van der Waals surface area (Å²) in [5.74, 6) is 0.526. The van der Waals surface area contributed by atoms with Gasteiger partial charge in [-0.2, -0.15) is 5.26 Å². The Morgan fingerprint density at radius 3 is 2.25 bits per heavy atom. The smallest absolute Gasteiger partial charge is 0.187 e. The molecule has 3 heteroatoms. The normalized spacial score (nSPS) is 10.7. The maximum Gasteiger partial charge on any atom is 0.187 e. The van der Waals surface area contributed by atoms with E-state index in [2.05, 4.69) is 6.07 Å². The summed E-state index contributed by atoms with van der Waals surface area (Å²) < 4.78 is 5.06. The predicted molar refractivity (Wildman–Crippen MR) is 77.4 cm³/mol. The molecule has 0 heterocycles. The fourth-order valence-corrected chi connectivity index (χ4v) is 1.77. The Bertz CT molecular complexity index is 664. The zero-order valence-electron chi connectivity index (χ0n) is 11.0. The number of rotatable bonds is 4. The first-order chi connectivity index (χ1) is 9.74. The Hall–Kier alpha value is -2.86. The molecule has 0 aromatic heterocycles. The minimum Gasteiger partial charge on any atom is -0.497 e. The fraction of sp³-hybridized carbons (Fsp3) is 0.0588. The van der Waals surface area contributed by atoms with Gasteiger partial charge in [0.15, 0.2) is 5.78 Å². The monoisotopic (exact) mass is 263 g/mol. The molecule has 0 atom stereocenters. The van der Waals surface area contributed by atoms with Crippen LogP contribution in [0.4, 0.5) is 0 Å². The van der Waals surface area contributed by atoms with Gasteiger partial charge in [-0.05, 0) is 29.8 Å². The first kappa shape index (κ1) is 13.6. The number of hydrogen-bond donors (Lipinski definition) is 0. The summed E-state index contributed by atoms with van der Waals surface area (Å²) in [6.07, 6.45) is 1.36. The molecule has 0 radical (unpaired) electrons. The second-order valence-electron chi connectivity index (χ2n) is 4.13. The Labute approximate surface area is 117 Å². The van der Waals surface area contributed by atoms with Crippen LogP contribution < -0.4 is 4.74 Å². The van der Waals surface area contributed by atoms with E-state index >= 15 is 0 Å². The highest BCUT2D eigenvalue weighted by Gasteiger charge is 2.06. The first-order valence-corrected chi connectivity index (χ1v) is 6.10. The standard InChI is InChI=1S/C17H13NO2/c1-20-16-9-7-13(8-10-16)15(12-18)11-17(19)14-5-3-2-4-6-14/h2-11H,1H3/b15-11-. The Morgan fingerprint density at radius 1 is 1.05 bits per heavy atom. The number of ketones is 1. The van der Waals surface area contributed by atoms with E-state index in [1.54, 1.807) is 55.6 Å². The van der Waals surface area contributed by atoms with Crippen molar-refractivity contribution >= 4 is 11.4 Å². The van der Waals surface area contributed by atoms with Gasteiger partial charge in [0.2, 0.25) is 0 Å². The van der Waals surface area contributed by atoms with Crippen LogP contribution in [0.1, 0.15) is 15.9 Å². The van der Waals surface area contributed by atoms with E-state index in [0.717, 1.165) is 0 Å². The lowest BCUT2D eigenvalue weighted by molar-refractivity contribution is 0.104. The van der Waals surface area contributed by atoms with Gasteiger partial charge in [0.05, 0.1) is 18.8 Å². The molecule has 0 fully saturated rings. The Kier molecular flexibility index (Phi) is 4.31. The fourth-order valence-electron chi connectivity index (χ4n) is 1.77. The van der Waals surface area contributed by atoms with E-state index in [9.17, 15) is 10.1 Å². The van der Waals surface area contributed by atoms with Crippen LogP contribution in [0, 0.1) is 11.3 Å². The molecule has 3 nitrogen and oxygen atoms in total. The van der Waals surface area contributed by atoms with Gasteiger partial charge in [-0.15, -0.1) is 0 Å². The van der Waals surface area contributed by atoms with Gasteiger partial charge in [0.25, 0.3) is 0 Å². The van der Waals surface area contributed by atoms with Crippen LogP contribution in [-0.4, -0.2) is 12.9 Å².